The number of carbonyl (C=O) groups is 3. The van der Waals surface area contributed by atoms with Gasteiger partial charge in [-0.15, -0.1) is 10.2 Å². The quantitative estimate of drug-likeness (QED) is 0.0258. The third kappa shape index (κ3) is 8.34. The van der Waals surface area contributed by atoms with E-state index in [9.17, 15) is 24.8 Å². The average Bonchev–Trinajstić information content (AvgIpc) is 3.62. The molecule has 1 unspecified atom stereocenters. The van der Waals surface area contributed by atoms with Crippen LogP contribution in [-0.4, -0.2) is 49.6 Å². The Labute approximate surface area is 272 Å². The van der Waals surface area contributed by atoms with Crippen LogP contribution in [0.2, 0.25) is 0 Å². The second-order valence-corrected chi connectivity index (χ2v) is 12.1. The van der Waals surface area contributed by atoms with Gasteiger partial charge in [0.15, 0.2) is 4.34 Å². The van der Waals surface area contributed by atoms with E-state index in [1.807, 2.05) is 30.3 Å². The van der Waals surface area contributed by atoms with Crippen LogP contribution in [0.5, 0.6) is 5.75 Å². The molecule has 2 N–H and O–H groups in total. The molecule has 238 valence electrons. The van der Waals surface area contributed by atoms with Gasteiger partial charge in [-0.2, -0.15) is 0 Å². The summed E-state index contributed by atoms with van der Waals surface area (Å²) in [7, 11) is 0. The molecule has 0 aliphatic carbocycles. The van der Waals surface area contributed by atoms with Gasteiger partial charge in [-0.05, 0) is 41.8 Å². The van der Waals surface area contributed by atoms with Crippen molar-refractivity contribution in [3.63, 3.8) is 0 Å². The second-order valence-electron chi connectivity index (χ2n) is 9.89. The number of aliphatic hydroxyl groups excluding tert-OH is 1. The summed E-state index contributed by atoms with van der Waals surface area (Å²) in [4.78, 5) is 48.1. The number of benzene rings is 3. The smallest absolute Gasteiger partial charge is 0.301 e. The molecule has 1 fully saturated rings. The van der Waals surface area contributed by atoms with Gasteiger partial charge in [0.1, 0.15) is 11.5 Å². The number of carboxylic acids is 1. The molecule has 1 aliphatic rings. The van der Waals surface area contributed by atoms with Crippen LogP contribution in [0.1, 0.15) is 49.4 Å². The van der Waals surface area contributed by atoms with Crippen molar-refractivity contribution in [3.8, 4) is 5.75 Å². The number of ether oxygens (including phenoxy) is 1. The monoisotopic (exact) mass is 662 g/mol. The van der Waals surface area contributed by atoms with Gasteiger partial charge in [0, 0.05) is 30.4 Å². The molecule has 1 aromatic heterocycles. The van der Waals surface area contributed by atoms with Crippen molar-refractivity contribution in [1.82, 2.24) is 10.2 Å². The molecule has 46 heavy (non-hydrogen) atoms. The summed E-state index contributed by atoms with van der Waals surface area (Å²) in [5.41, 5.74) is 1.23. The van der Waals surface area contributed by atoms with E-state index in [-0.39, 0.29) is 22.0 Å². The number of Topliss-reactive ketones (excluding diaryl/α,β-unsaturated/α-hetero) is 1. The van der Waals surface area contributed by atoms with Gasteiger partial charge in [0.2, 0.25) is 5.13 Å². The number of non-ortho nitro benzene ring substituents is 1. The van der Waals surface area contributed by atoms with Crippen molar-refractivity contribution in [3.05, 3.63) is 111 Å². The third-order valence-electron chi connectivity index (χ3n) is 6.54. The topological polar surface area (TPSA) is 173 Å². The van der Waals surface area contributed by atoms with Gasteiger partial charge in [-0.25, -0.2) is 0 Å². The Hall–Kier alpha value is -5.08. The van der Waals surface area contributed by atoms with E-state index < -0.39 is 34.4 Å². The summed E-state index contributed by atoms with van der Waals surface area (Å²) in [6.07, 6.45) is 1.88. The Morgan fingerprint density at radius 2 is 1.74 bits per heavy atom. The molecule has 4 aromatic rings. The Morgan fingerprint density at radius 1 is 1.04 bits per heavy atom. The maximum absolute atomic E-state index is 13.5. The molecule has 0 saturated carbocycles. The van der Waals surface area contributed by atoms with Crippen molar-refractivity contribution in [2.45, 2.75) is 42.8 Å². The number of rotatable bonds is 11. The number of carbonyl (C=O) groups excluding carboxylic acids is 2. The first-order valence-electron chi connectivity index (χ1n) is 14.1. The summed E-state index contributed by atoms with van der Waals surface area (Å²) in [5, 5.41) is 38.9. The van der Waals surface area contributed by atoms with Crippen LogP contribution in [0.15, 0.2) is 88.8 Å². The predicted octanol–water partition coefficient (Wildman–Crippen LogP) is 6.63. The minimum atomic E-state index is -1.16. The summed E-state index contributed by atoms with van der Waals surface area (Å²) in [5.74, 6) is -1.86. The molecule has 14 heteroatoms. The fourth-order valence-electron chi connectivity index (χ4n) is 4.43. The van der Waals surface area contributed by atoms with Gasteiger partial charge in [0.05, 0.1) is 23.1 Å². The van der Waals surface area contributed by atoms with Gasteiger partial charge in [0.25, 0.3) is 17.4 Å². The number of hydrogen-bond acceptors (Lipinski definition) is 11. The number of nitrogens with zero attached hydrogens (tertiary/aromatic N) is 4. The number of aliphatic hydroxyl groups is 1. The van der Waals surface area contributed by atoms with E-state index in [4.69, 9.17) is 14.6 Å². The average molecular weight is 663 g/mol. The summed E-state index contributed by atoms with van der Waals surface area (Å²) < 4.78 is 6.27. The number of amides is 1. The lowest BCUT2D eigenvalue weighted by molar-refractivity contribution is -0.384. The van der Waals surface area contributed by atoms with Crippen molar-refractivity contribution >= 4 is 57.3 Å². The molecule has 1 amide bonds. The zero-order valence-electron chi connectivity index (χ0n) is 24.9. The number of nitro benzene ring substituents is 1. The van der Waals surface area contributed by atoms with E-state index in [0.717, 1.165) is 41.6 Å². The molecule has 0 spiro atoms. The van der Waals surface area contributed by atoms with Crippen molar-refractivity contribution in [2.75, 3.05) is 11.5 Å². The van der Waals surface area contributed by atoms with E-state index in [1.54, 1.807) is 30.3 Å². The van der Waals surface area contributed by atoms with Crippen LogP contribution in [0.3, 0.4) is 0 Å². The number of aliphatic carboxylic acids is 1. The Morgan fingerprint density at radius 3 is 2.39 bits per heavy atom. The zero-order valence-corrected chi connectivity index (χ0v) is 26.5. The molecule has 1 atom stereocenters. The largest absolute Gasteiger partial charge is 0.507 e. The molecule has 2 heterocycles. The highest BCUT2D eigenvalue weighted by atomic mass is 32.2. The normalized spacial score (nSPS) is 15.3. The zero-order chi connectivity index (χ0) is 33.2. The van der Waals surface area contributed by atoms with Gasteiger partial charge < -0.3 is 14.9 Å². The summed E-state index contributed by atoms with van der Waals surface area (Å²) in [6.45, 7) is 3.69. The van der Waals surface area contributed by atoms with Crippen LogP contribution >= 0.6 is 23.1 Å². The molecule has 12 nitrogen and oxygen atoms in total. The minimum Gasteiger partial charge on any atom is -0.507 e. The first-order chi connectivity index (χ1) is 22.1. The standard InChI is InChI=1S/C30H26N4O6S2.C2H4O2/c1-2-3-16-40-23-14-12-20(13-15-23)26(35)24-25(21-10-7-11-22(17-21)34(38)39)33(28(37)27(24)36)29-31-32-30(42-29)41-18-19-8-5-4-6-9-19;1-2(3)4/h4-15,17,25,35H,2-3,16,18H2,1H3;1H3,(H,3,4)/b26-24+;. The molecule has 1 aliphatic heterocycles. The minimum absolute atomic E-state index is 0.142. The second kappa shape index (κ2) is 15.8. The number of thioether (sulfide) groups is 1. The fourth-order valence-corrected chi connectivity index (χ4v) is 6.25. The Balaban J connectivity index is 0.00000113. The number of unbranched alkanes of at least 4 members (excludes halogenated alkanes) is 1. The van der Waals surface area contributed by atoms with Gasteiger partial charge in [-0.1, -0.05) is 78.9 Å². The van der Waals surface area contributed by atoms with Crippen LogP contribution in [0.25, 0.3) is 5.76 Å². The van der Waals surface area contributed by atoms with E-state index in [2.05, 4.69) is 17.1 Å². The molecule has 5 rings (SSSR count). The van der Waals surface area contributed by atoms with Crippen LogP contribution in [-0.2, 0) is 20.1 Å². The molecule has 0 bridgehead atoms. The summed E-state index contributed by atoms with van der Waals surface area (Å²) in [6, 6.07) is 20.8. The first-order valence-corrected chi connectivity index (χ1v) is 15.9. The lowest BCUT2D eigenvalue weighted by Crippen LogP contribution is -2.29. The van der Waals surface area contributed by atoms with Gasteiger partial charge >= 0.3 is 5.91 Å². The van der Waals surface area contributed by atoms with Gasteiger partial charge in [-0.3, -0.25) is 29.4 Å². The molecule has 1 saturated heterocycles. The van der Waals surface area contributed by atoms with Crippen molar-refractivity contribution < 1.29 is 34.3 Å². The number of nitro groups is 1. The molecular weight excluding hydrogens is 633 g/mol. The van der Waals surface area contributed by atoms with E-state index in [1.165, 1.54) is 30.0 Å². The molecular formula is C32H30N4O8S2. The Bertz CT molecular complexity index is 1740. The van der Waals surface area contributed by atoms with E-state index in [0.29, 0.717) is 28.0 Å². The number of carboxylic acid groups (broad SMARTS) is 1. The maximum Gasteiger partial charge on any atom is 0.301 e. The molecule has 3 aromatic carbocycles. The maximum atomic E-state index is 13.5. The van der Waals surface area contributed by atoms with E-state index >= 15 is 0 Å². The number of anilines is 1. The Kier molecular flexibility index (Phi) is 11.6. The highest BCUT2D eigenvalue weighted by Crippen LogP contribution is 2.44. The first kappa shape index (κ1) is 33.8. The van der Waals surface area contributed by atoms with Crippen molar-refractivity contribution in [2.24, 2.45) is 0 Å². The number of hydrogen-bond donors (Lipinski definition) is 2. The highest BCUT2D eigenvalue weighted by molar-refractivity contribution is 8.00. The fraction of sp³-hybridized carbons (Fsp3) is 0.219. The number of ketones is 1. The SMILES string of the molecule is CC(=O)O.CCCCOc1ccc(/C(O)=C2\C(=O)C(=O)N(c3nnc(SCc4ccccc4)s3)C2c2cccc([N+](=O)[O-])c2)cc1. The van der Waals surface area contributed by atoms with Crippen LogP contribution in [0, 0.1) is 10.1 Å². The lowest BCUT2D eigenvalue weighted by atomic mass is 9.95. The van der Waals surface area contributed by atoms with Crippen LogP contribution in [0.4, 0.5) is 10.8 Å². The summed E-state index contributed by atoms with van der Waals surface area (Å²) >= 11 is 2.55. The van der Waals surface area contributed by atoms with Crippen LogP contribution < -0.4 is 9.64 Å². The predicted molar refractivity (Wildman–Crippen MR) is 174 cm³/mol. The lowest BCUT2D eigenvalue weighted by Gasteiger charge is -2.22. The molecule has 0 radical (unpaired) electrons. The highest BCUT2D eigenvalue weighted by Gasteiger charge is 2.48. The van der Waals surface area contributed by atoms with Crippen molar-refractivity contribution in [1.29, 1.82) is 0 Å². The third-order valence-corrected chi connectivity index (χ3v) is 8.67. The number of aromatic nitrogens is 2.